The lowest BCUT2D eigenvalue weighted by atomic mass is 9.90. The average Bonchev–Trinajstić information content (AvgIpc) is 1.58. The second-order valence-corrected chi connectivity index (χ2v) is 1.99. The molecule has 7 heavy (non-hydrogen) atoms. The van der Waals surface area contributed by atoms with Crippen molar-refractivity contribution >= 4 is 0 Å². The number of aliphatic hydroxyl groups excluding tert-OH is 1. The first-order valence-electron chi connectivity index (χ1n) is 2.47. The molecule has 0 amide bonds. The normalized spacial score (nSPS) is 40.3. The third kappa shape index (κ3) is 0.907. The zero-order valence-corrected chi connectivity index (χ0v) is 4.09. The summed E-state index contributed by atoms with van der Waals surface area (Å²) < 4.78 is 0. The molecule has 1 rings (SSSR count). The van der Waals surface area contributed by atoms with E-state index in [-0.39, 0.29) is 6.10 Å². The topological polar surface area (TPSA) is 58.3 Å². The largest absolute Gasteiger partial charge is 0.393 e. The Kier molecular flexibility index (Phi) is 1.27. The van der Waals surface area contributed by atoms with Gasteiger partial charge in [-0.2, -0.15) is 0 Å². The van der Waals surface area contributed by atoms with Crippen LogP contribution in [0.2, 0.25) is 0 Å². The van der Waals surface area contributed by atoms with Crippen LogP contribution in [-0.4, -0.2) is 17.3 Å². The van der Waals surface area contributed by atoms with Crippen LogP contribution in [0.15, 0.2) is 0 Å². The second-order valence-electron chi connectivity index (χ2n) is 1.99. The Balaban J connectivity index is 2.06. The number of nitrogens with one attached hydrogen (secondary N) is 1. The second kappa shape index (κ2) is 1.78. The van der Waals surface area contributed by atoms with Crippen LogP contribution in [0.3, 0.4) is 0 Å². The van der Waals surface area contributed by atoms with Gasteiger partial charge in [0.25, 0.3) is 0 Å². The summed E-state index contributed by atoms with van der Waals surface area (Å²) in [5, 5.41) is 8.65. The highest BCUT2D eigenvalue weighted by atomic mass is 16.3. The fourth-order valence-corrected chi connectivity index (χ4v) is 0.724. The highest BCUT2D eigenvalue weighted by Gasteiger charge is 2.25. The standard InChI is InChI=1S/C4H10N2O/c5-6-3-1-4(7)2-3/h3-4,6-7H,1-2,5H2. The molecule has 1 saturated carbocycles. The van der Waals surface area contributed by atoms with Crippen LogP contribution >= 0.6 is 0 Å². The van der Waals surface area contributed by atoms with E-state index in [0.29, 0.717) is 6.04 Å². The molecular formula is C4H10N2O. The molecule has 0 aromatic carbocycles. The average molecular weight is 102 g/mol. The van der Waals surface area contributed by atoms with Crippen molar-refractivity contribution in [1.29, 1.82) is 0 Å². The minimum atomic E-state index is -0.0963. The molecule has 1 fully saturated rings. The summed E-state index contributed by atoms with van der Waals surface area (Å²) in [6.07, 6.45) is 1.54. The van der Waals surface area contributed by atoms with E-state index in [1.165, 1.54) is 0 Å². The summed E-state index contributed by atoms with van der Waals surface area (Å²) in [5.74, 6) is 5.03. The quantitative estimate of drug-likeness (QED) is 0.293. The van der Waals surface area contributed by atoms with Crippen molar-refractivity contribution < 1.29 is 5.11 Å². The minimum absolute atomic E-state index is 0.0963. The lowest BCUT2D eigenvalue weighted by Crippen LogP contribution is -2.47. The molecule has 0 aliphatic heterocycles. The number of hydrazine groups is 1. The minimum Gasteiger partial charge on any atom is -0.393 e. The van der Waals surface area contributed by atoms with E-state index in [9.17, 15) is 0 Å². The zero-order chi connectivity index (χ0) is 5.28. The van der Waals surface area contributed by atoms with Gasteiger partial charge in [-0.1, -0.05) is 0 Å². The van der Waals surface area contributed by atoms with Crippen molar-refractivity contribution in [2.45, 2.75) is 25.0 Å². The smallest absolute Gasteiger partial charge is 0.0571 e. The molecule has 4 N–H and O–H groups in total. The summed E-state index contributed by atoms with van der Waals surface area (Å²) in [5.41, 5.74) is 2.57. The van der Waals surface area contributed by atoms with Crippen molar-refractivity contribution in [3.05, 3.63) is 0 Å². The van der Waals surface area contributed by atoms with Crippen molar-refractivity contribution in [3.8, 4) is 0 Å². The fourth-order valence-electron chi connectivity index (χ4n) is 0.724. The number of rotatable bonds is 1. The third-order valence-electron chi connectivity index (χ3n) is 1.35. The summed E-state index contributed by atoms with van der Waals surface area (Å²) in [6, 6.07) is 0.370. The Morgan fingerprint density at radius 1 is 1.57 bits per heavy atom. The summed E-state index contributed by atoms with van der Waals surface area (Å²) >= 11 is 0. The van der Waals surface area contributed by atoms with Crippen molar-refractivity contribution in [1.82, 2.24) is 5.43 Å². The molecule has 0 spiro atoms. The van der Waals surface area contributed by atoms with Crippen LogP contribution in [-0.2, 0) is 0 Å². The van der Waals surface area contributed by atoms with Gasteiger partial charge in [-0.25, -0.2) is 0 Å². The molecular weight excluding hydrogens is 92.1 g/mol. The van der Waals surface area contributed by atoms with Gasteiger partial charge in [0.05, 0.1) is 6.10 Å². The van der Waals surface area contributed by atoms with Gasteiger partial charge in [0.15, 0.2) is 0 Å². The Hall–Kier alpha value is -0.120. The van der Waals surface area contributed by atoms with Gasteiger partial charge in [-0.05, 0) is 12.8 Å². The highest BCUT2D eigenvalue weighted by Crippen LogP contribution is 2.17. The van der Waals surface area contributed by atoms with E-state index < -0.39 is 0 Å². The lowest BCUT2D eigenvalue weighted by molar-refractivity contribution is 0.0628. The van der Waals surface area contributed by atoms with Crippen LogP contribution in [0.5, 0.6) is 0 Å². The van der Waals surface area contributed by atoms with Crippen LogP contribution in [0.1, 0.15) is 12.8 Å². The number of hydrogen-bond acceptors (Lipinski definition) is 3. The van der Waals surface area contributed by atoms with Gasteiger partial charge < -0.3 is 5.11 Å². The number of aliphatic hydroxyl groups is 1. The summed E-state index contributed by atoms with van der Waals surface area (Å²) in [7, 11) is 0. The van der Waals surface area contributed by atoms with Crippen molar-refractivity contribution in [3.63, 3.8) is 0 Å². The third-order valence-corrected chi connectivity index (χ3v) is 1.35. The lowest BCUT2D eigenvalue weighted by Gasteiger charge is -2.30. The van der Waals surface area contributed by atoms with Gasteiger partial charge in [-0.15, -0.1) is 0 Å². The maximum atomic E-state index is 8.65. The van der Waals surface area contributed by atoms with Crippen molar-refractivity contribution in [2.24, 2.45) is 5.84 Å². The fraction of sp³-hybridized carbons (Fsp3) is 1.00. The van der Waals surface area contributed by atoms with E-state index in [1.807, 2.05) is 0 Å². The van der Waals surface area contributed by atoms with Crippen molar-refractivity contribution in [2.75, 3.05) is 0 Å². The van der Waals surface area contributed by atoms with E-state index in [1.54, 1.807) is 0 Å². The molecule has 0 saturated heterocycles. The molecule has 0 aromatic heterocycles. The van der Waals surface area contributed by atoms with E-state index in [4.69, 9.17) is 10.9 Å². The molecule has 42 valence electrons. The predicted octanol–water partition coefficient (Wildman–Crippen LogP) is -1.03. The predicted molar refractivity (Wildman–Crippen MR) is 26.4 cm³/mol. The van der Waals surface area contributed by atoms with E-state index >= 15 is 0 Å². The maximum Gasteiger partial charge on any atom is 0.0571 e. The van der Waals surface area contributed by atoms with Crippen LogP contribution in [0, 0.1) is 0 Å². The molecule has 0 bridgehead atoms. The first kappa shape index (κ1) is 5.03. The molecule has 3 nitrogen and oxygen atoms in total. The van der Waals surface area contributed by atoms with Crippen LogP contribution in [0.4, 0.5) is 0 Å². The Bertz CT molecular complexity index is 60.7. The molecule has 0 unspecified atom stereocenters. The first-order valence-corrected chi connectivity index (χ1v) is 2.47. The maximum absolute atomic E-state index is 8.65. The monoisotopic (exact) mass is 102 g/mol. The Labute approximate surface area is 42.5 Å². The SMILES string of the molecule is NNC1CC(O)C1. The molecule has 3 heteroatoms. The van der Waals surface area contributed by atoms with Gasteiger partial charge in [0.2, 0.25) is 0 Å². The van der Waals surface area contributed by atoms with Crippen LogP contribution in [0.25, 0.3) is 0 Å². The Morgan fingerprint density at radius 2 is 2.14 bits per heavy atom. The molecule has 0 aromatic rings. The van der Waals surface area contributed by atoms with E-state index in [0.717, 1.165) is 12.8 Å². The highest BCUT2D eigenvalue weighted by molar-refractivity contribution is 4.82. The van der Waals surface area contributed by atoms with E-state index in [2.05, 4.69) is 5.43 Å². The number of nitrogens with two attached hydrogens (primary N) is 1. The van der Waals surface area contributed by atoms with Crippen LogP contribution < -0.4 is 11.3 Å². The molecule has 1 aliphatic rings. The molecule has 0 heterocycles. The number of hydrogen-bond donors (Lipinski definition) is 3. The Morgan fingerprint density at radius 3 is 2.29 bits per heavy atom. The van der Waals surface area contributed by atoms with Gasteiger partial charge in [0, 0.05) is 6.04 Å². The molecule has 1 aliphatic carbocycles. The summed E-state index contributed by atoms with van der Waals surface area (Å²) in [4.78, 5) is 0. The first-order chi connectivity index (χ1) is 3.33. The van der Waals surface area contributed by atoms with Gasteiger partial charge in [0.1, 0.15) is 0 Å². The van der Waals surface area contributed by atoms with Gasteiger partial charge in [-0.3, -0.25) is 11.3 Å². The molecule has 0 atom stereocenters. The van der Waals surface area contributed by atoms with Gasteiger partial charge >= 0.3 is 0 Å². The zero-order valence-electron chi connectivity index (χ0n) is 4.09. The summed E-state index contributed by atoms with van der Waals surface area (Å²) in [6.45, 7) is 0. The molecule has 0 radical (unpaired) electrons.